The molecule has 3 heterocycles. The summed E-state index contributed by atoms with van der Waals surface area (Å²) in [5.74, 6) is 0. The molecule has 4 heteroatoms. The van der Waals surface area contributed by atoms with Crippen LogP contribution in [0.4, 0.5) is 0 Å². The summed E-state index contributed by atoms with van der Waals surface area (Å²) in [6, 6.07) is 4.78. The van der Waals surface area contributed by atoms with Gasteiger partial charge in [-0.3, -0.25) is 9.88 Å². The van der Waals surface area contributed by atoms with Gasteiger partial charge in [0.25, 0.3) is 0 Å². The van der Waals surface area contributed by atoms with Crippen molar-refractivity contribution in [3.05, 3.63) is 30.1 Å². The fourth-order valence-electron chi connectivity index (χ4n) is 2.98. The zero-order valence-corrected chi connectivity index (χ0v) is 10.2. The van der Waals surface area contributed by atoms with E-state index in [0.29, 0.717) is 6.04 Å². The maximum atomic E-state index is 5.52. The molecule has 92 valence electrons. The summed E-state index contributed by atoms with van der Waals surface area (Å²) in [7, 11) is 2.22. The molecule has 1 N–H and O–H groups in total. The number of hydrogen-bond donors (Lipinski definition) is 1. The third-order valence-corrected chi connectivity index (χ3v) is 4.12. The van der Waals surface area contributed by atoms with Crippen molar-refractivity contribution in [1.29, 1.82) is 0 Å². The van der Waals surface area contributed by atoms with Gasteiger partial charge in [0.15, 0.2) is 0 Å². The van der Waals surface area contributed by atoms with E-state index in [4.69, 9.17) is 4.74 Å². The van der Waals surface area contributed by atoms with E-state index >= 15 is 0 Å². The van der Waals surface area contributed by atoms with Crippen molar-refractivity contribution in [2.45, 2.75) is 11.5 Å². The van der Waals surface area contributed by atoms with Crippen LogP contribution in [0.3, 0.4) is 0 Å². The molecule has 17 heavy (non-hydrogen) atoms. The van der Waals surface area contributed by atoms with Crippen LogP contribution in [0.2, 0.25) is 0 Å². The molecule has 4 nitrogen and oxygen atoms in total. The quantitative estimate of drug-likeness (QED) is 0.795. The number of nitrogens with zero attached hydrogens (tertiary/aromatic N) is 2. The minimum Gasteiger partial charge on any atom is -0.379 e. The average molecular weight is 233 g/mol. The van der Waals surface area contributed by atoms with Crippen molar-refractivity contribution in [2.75, 3.05) is 39.9 Å². The standard InChI is InChI=1S/C13H19N3O/c1-16-7-6-15-8-12(16)13(9-17-10-13)11-2-4-14-5-3-11/h2-5,12,15H,6-10H2,1H3. The van der Waals surface area contributed by atoms with Crippen LogP contribution in [-0.2, 0) is 10.2 Å². The van der Waals surface area contributed by atoms with Gasteiger partial charge >= 0.3 is 0 Å². The van der Waals surface area contributed by atoms with Gasteiger partial charge in [0.05, 0.1) is 18.6 Å². The first-order chi connectivity index (χ1) is 8.33. The highest BCUT2D eigenvalue weighted by molar-refractivity contribution is 5.29. The Labute approximate surface area is 102 Å². The van der Waals surface area contributed by atoms with E-state index in [2.05, 4.69) is 34.4 Å². The van der Waals surface area contributed by atoms with Crippen molar-refractivity contribution in [2.24, 2.45) is 0 Å². The second-order valence-corrected chi connectivity index (χ2v) is 5.09. The maximum Gasteiger partial charge on any atom is 0.0601 e. The van der Waals surface area contributed by atoms with E-state index in [9.17, 15) is 0 Å². The molecule has 0 amide bonds. The Hall–Kier alpha value is -0.970. The summed E-state index contributed by atoms with van der Waals surface area (Å²) in [5.41, 5.74) is 1.52. The van der Waals surface area contributed by atoms with Gasteiger partial charge in [-0.25, -0.2) is 0 Å². The summed E-state index contributed by atoms with van der Waals surface area (Å²) >= 11 is 0. The molecule has 0 aromatic carbocycles. The van der Waals surface area contributed by atoms with Gasteiger partial charge in [-0.15, -0.1) is 0 Å². The van der Waals surface area contributed by atoms with E-state index in [1.807, 2.05) is 12.4 Å². The van der Waals surface area contributed by atoms with Crippen LogP contribution in [0, 0.1) is 0 Å². The minimum absolute atomic E-state index is 0.158. The van der Waals surface area contributed by atoms with Gasteiger partial charge in [-0.2, -0.15) is 0 Å². The molecule has 3 rings (SSSR count). The van der Waals surface area contributed by atoms with Gasteiger partial charge in [0.2, 0.25) is 0 Å². The number of pyridine rings is 1. The number of ether oxygens (including phenoxy) is 1. The van der Waals surface area contributed by atoms with Crippen LogP contribution in [-0.4, -0.2) is 55.8 Å². The molecule has 1 aromatic heterocycles. The van der Waals surface area contributed by atoms with Crippen molar-refractivity contribution < 1.29 is 4.74 Å². The van der Waals surface area contributed by atoms with Gasteiger partial charge < -0.3 is 10.1 Å². The molecule has 0 aliphatic carbocycles. The highest BCUT2D eigenvalue weighted by Gasteiger charge is 2.49. The molecule has 1 aromatic rings. The Morgan fingerprint density at radius 1 is 1.41 bits per heavy atom. The molecule has 2 fully saturated rings. The second kappa shape index (κ2) is 4.37. The normalized spacial score (nSPS) is 28.6. The zero-order chi connectivity index (χ0) is 11.7. The fourth-order valence-corrected chi connectivity index (χ4v) is 2.98. The maximum absolute atomic E-state index is 5.52. The molecular formula is C13H19N3O. The lowest BCUT2D eigenvalue weighted by molar-refractivity contribution is -0.103. The van der Waals surface area contributed by atoms with E-state index in [-0.39, 0.29) is 5.41 Å². The highest BCUT2D eigenvalue weighted by atomic mass is 16.5. The Morgan fingerprint density at radius 2 is 2.18 bits per heavy atom. The molecule has 1 unspecified atom stereocenters. The lowest BCUT2D eigenvalue weighted by Gasteiger charge is -2.52. The summed E-state index contributed by atoms with van der Waals surface area (Å²) in [4.78, 5) is 6.57. The monoisotopic (exact) mass is 233 g/mol. The van der Waals surface area contributed by atoms with Crippen LogP contribution >= 0.6 is 0 Å². The van der Waals surface area contributed by atoms with Crippen LogP contribution in [0.5, 0.6) is 0 Å². The number of piperazine rings is 1. The van der Waals surface area contributed by atoms with Crippen molar-refractivity contribution >= 4 is 0 Å². The number of nitrogens with one attached hydrogen (secondary N) is 1. The van der Waals surface area contributed by atoms with E-state index in [0.717, 1.165) is 32.8 Å². The summed E-state index contributed by atoms with van der Waals surface area (Å²) in [6.07, 6.45) is 3.76. The van der Waals surface area contributed by atoms with E-state index < -0.39 is 0 Å². The van der Waals surface area contributed by atoms with Gasteiger partial charge in [-0.05, 0) is 24.7 Å². The minimum atomic E-state index is 0.158. The number of likely N-dealkylation sites (N-methyl/N-ethyl adjacent to an activating group) is 1. The van der Waals surface area contributed by atoms with Crippen LogP contribution in [0.25, 0.3) is 0 Å². The second-order valence-electron chi connectivity index (χ2n) is 5.09. The third kappa shape index (κ3) is 1.76. The molecule has 0 bridgehead atoms. The first kappa shape index (κ1) is 11.1. The molecule has 1 atom stereocenters. The van der Waals surface area contributed by atoms with Crippen molar-refractivity contribution in [3.8, 4) is 0 Å². The van der Waals surface area contributed by atoms with Crippen LogP contribution < -0.4 is 5.32 Å². The van der Waals surface area contributed by atoms with Crippen LogP contribution in [0.1, 0.15) is 5.56 Å². The Bertz CT molecular complexity index is 378. The Balaban J connectivity index is 1.91. The summed E-state index contributed by atoms with van der Waals surface area (Å²) < 4.78 is 5.52. The highest BCUT2D eigenvalue weighted by Crippen LogP contribution is 2.38. The molecule has 0 radical (unpaired) electrons. The predicted octanol–water partition coefficient (Wildman–Crippen LogP) is 0.253. The molecule has 2 aliphatic rings. The lowest BCUT2D eigenvalue weighted by Crippen LogP contribution is -2.66. The Morgan fingerprint density at radius 3 is 2.76 bits per heavy atom. The van der Waals surface area contributed by atoms with Gasteiger partial charge in [-0.1, -0.05) is 0 Å². The third-order valence-electron chi connectivity index (χ3n) is 4.12. The zero-order valence-electron chi connectivity index (χ0n) is 10.2. The summed E-state index contributed by atoms with van der Waals surface area (Å²) in [6.45, 7) is 4.89. The lowest BCUT2D eigenvalue weighted by atomic mass is 9.71. The first-order valence-electron chi connectivity index (χ1n) is 6.22. The molecule has 2 saturated heterocycles. The van der Waals surface area contributed by atoms with Gasteiger partial charge in [0.1, 0.15) is 0 Å². The van der Waals surface area contributed by atoms with Gasteiger partial charge in [0, 0.05) is 38.1 Å². The van der Waals surface area contributed by atoms with Crippen molar-refractivity contribution in [3.63, 3.8) is 0 Å². The van der Waals surface area contributed by atoms with Crippen molar-refractivity contribution in [1.82, 2.24) is 15.2 Å². The summed E-state index contributed by atoms with van der Waals surface area (Å²) in [5, 5.41) is 3.50. The predicted molar refractivity (Wildman–Crippen MR) is 66.0 cm³/mol. The molecule has 0 spiro atoms. The number of rotatable bonds is 2. The Kier molecular flexibility index (Phi) is 2.86. The number of aromatic nitrogens is 1. The van der Waals surface area contributed by atoms with E-state index in [1.165, 1.54) is 5.56 Å². The average Bonchev–Trinajstić information content (AvgIpc) is 2.32. The smallest absolute Gasteiger partial charge is 0.0601 e. The molecule has 2 aliphatic heterocycles. The largest absolute Gasteiger partial charge is 0.379 e. The van der Waals surface area contributed by atoms with Crippen LogP contribution in [0.15, 0.2) is 24.5 Å². The van der Waals surface area contributed by atoms with E-state index in [1.54, 1.807) is 0 Å². The molecular weight excluding hydrogens is 214 g/mol. The fraction of sp³-hybridized carbons (Fsp3) is 0.615. The topological polar surface area (TPSA) is 37.4 Å². The molecule has 0 saturated carbocycles. The SMILES string of the molecule is CN1CCNCC1C1(c2ccncc2)COC1. The number of hydrogen-bond acceptors (Lipinski definition) is 4. The first-order valence-corrected chi connectivity index (χ1v) is 6.22.